The van der Waals surface area contributed by atoms with E-state index >= 15 is 0 Å². The van der Waals surface area contributed by atoms with Crippen LogP contribution in [0.25, 0.3) is 5.69 Å². The molecule has 3 aromatic rings. The predicted molar refractivity (Wildman–Crippen MR) is 96.3 cm³/mol. The average Bonchev–Trinajstić information content (AvgIpc) is 2.95. The number of para-hydroxylation sites is 1. The van der Waals surface area contributed by atoms with Gasteiger partial charge in [0, 0.05) is 22.6 Å². The lowest BCUT2D eigenvalue weighted by molar-refractivity contribution is 0.0474. The molecule has 0 aliphatic heterocycles. The Morgan fingerprint density at radius 2 is 1.52 bits per heavy atom. The number of hydrogen-bond donors (Lipinski definition) is 0. The van der Waals surface area contributed by atoms with Crippen molar-refractivity contribution in [2.45, 2.75) is 13.8 Å². The van der Waals surface area contributed by atoms with Gasteiger partial charge in [-0.15, -0.1) is 0 Å². The maximum absolute atomic E-state index is 12.4. The van der Waals surface area contributed by atoms with Gasteiger partial charge in [-0.3, -0.25) is 4.79 Å². The van der Waals surface area contributed by atoms with Crippen molar-refractivity contribution in [3.05, 3.63) is 89.2 Å². The number of benzene rings is 2. The fourth-order valence-electron chi connectivity index (χ4n) is 2.86. The van der Waals surface area contributed by atoms with Crippen LogP contribution in [0.5, 0.6) is 0 Å². The van der Waals surface area contributed by atoms with E-state index in [4.69, 9.17) is 4.74 Å². The average molecular weight is 333 g/mol. The minimum atomic E-state index is -0.487. The van der Waals surface area contributed by atoms with Gasteiger partial charge in [-0.25, -0.2) is 4.79 Å². The molecule has 1 aromatic heterocycles. The Bertz CT molecular complexity index is 896. The minimum Gasteiger partial charge on any atom is -0.454 e. The molecular formula is C21H19NO3. The van der Waals surface area contributed by atoms with Gasteiger partial charge in [0.25, 0.3) is 0 Å². The molecule has 1 heterocycles. The fraction of sp³-hybridized carbons (Fsp3) is 0.143. The van der Waals surface area contributed by atoms with E-state index in [1.807, 2.05) is 54.8 Å². The first-order valence-electron chi connectivity index (χ1n) is 8.07. The van der Waals surface area contributed by atoms with Crippen LogP contribution in [-0.2, 0) is 4.74 Å². The van der Waals surface area contributed by atoms with Gasteiger partial charge in [-0.2, -0.15) is 0 Å². The smallest absolute Gasteiger partial charge is 0.340 e. The van der Waals surface area contributed by atoms with E-state index in [1.165, 1.54) is 0 Å². The van der Waals surface area contributed by atoms with Gasteiger partial charge >= 0.3 is 5.97 Å². The molecule has 0 bridgehead atoms. The molecule has 0 saturated carbocycles. The third-order valence-electron chi connectivity index (χ3n) is 4.10. The summed E-state index contributed by atoms with van der Waals surface area (Å²) in [6.07, 6.45) is 0. The summed E-state index contributed by atoms with van der Waals surface area (Å²) >= 11 is 0. The highest BCUT2D eigenvalue weighted by atomic mass is 16.5. The summed E-state index contributed by atoms with van der Waals surface area (Å²) in [5.74, 6) is -0.703. The monoisotopic (exact) mass is 333 g/mol. The number of aromatic nitrogens is 1. The summed E-state index contributed by atoms with van der Waals surface area (Å²) in [4.78, 5) is 24.5. The number of ether oxygens (including phenoxy) is 1. The fourth-order valence-corrected chi connectivity index (χ4v) is 2.86. The van der Waals surface area contributed by atoms with Crippen molar-refractivity contribution in [3.8, 4) is 5.69 Å². The second kappa shape index (κ2) is 7.18. The normalized spacial score (nSPS) is 10.5. The van der Waals surface area contributed by atoms with E-state index < -0.39 is 5.97 Å². The van der Waals surface area contributed by atoms with Gasteiger partial charge in [0.1, 0.15) is 0 Å². The Kier molecular flexibility index (Phi) is 4.80. The summed E-state index contributed by atoms with van der Waals surface area (Å²) in [5.41, 5.74) is 3.72. The quantitative estimate of drug-likeness (QED) is 0.521. The molecule has 0 saturated heterocycles. The molecular weight excluding hydrogens is 314 g/mol. The number of Topliss-reactive ketones (excluding diaryl/α,β-unsaturated/α-hetero) is 1. The summed E-state index contributed by atoms with van der Waals surface area (Å²) in [6.45, 7) is 3.54. The van der Waals surface area contributed by atoms with Crippen molar-refractivity contribution in [3.63, 3.8) is 0 Å². The molecule has 0 N–H and O–H groups in total. The van der Waals surface area contributed by atoms with Crippen molar-refractivity contribution in [2.75, 3.05) is 6.61 Å². The molecule has 0 amide bonds. The van der Waals surface area contributed by atoms with Crippen LogP contribution in [0.3, 0.4) is 0 Å². The van der Waals surface area contributed by atoms with Gasteiger partial charge in [-0.1, -0.05) is 48.5 Å². The molecule has 0 aliphatic carbocycles. The van der Waals surface area contributed by atoms with Crippen LogP contribution in [0.4, 0.5) is 0 Å². The lowest BCUT2D eigenvalue weighted by atomic mass is 10.1. The highest BCUT2D eigenvalue weighted by Crippen LogP contribution is 2.21. The Morgan fingerprint density at radius 3 is 2.16 bits per heavy atom. The van der Waals surface area contributed by atoms with E-state index in [2.05, 4.69) is 0 Å². The van der Waals surface area contributed by atoms with E-state index in [9.17, 15) is 9.59 Å². The Hall–Kier alpha value is -3.14. The lowest BCUT2D eigenvalue weighted by Crippen LogP contribution is -2.14. The molecule has 4 nitrogen and oxygen atoms in total. The van der Waals surface area contributed by atoms with E-state index in [0.29, 0.717) is 11.1 Å². The number of aryl methyl sites for hydroxylation is 1. The Morgan fingerprint density at radius 1 is 0.920 bits per heavy atom. The minimum absolute atomic E-state index is 0.217. The molecule has 0 aliphatic rings. The van der Waals surface area contributed by atoms with Gasteiger partial charge < -0.3 is 9.30 Å². The first-order valence-corrected chi connectivity index (χ1v) is 8.07. The second-order valence-corrected chi connectivity index (χ2v) is 5.82. The lowest BCUT2D eigenvalue weighted by Gasteiger charge is -2.09. The Labute approximate surface area is 146 Å². The number of nitrogens with zero attached hydrogens (tertiary/aromatic N) is 1. The Balaban J connectivity index is 1.76. The maximum atomic E-state index is 12.4. The summed E-state index contributed by atoms with van der Waals surface area (Å²) in [6, 6.07) is 20.4. The molecule has 0 radical (unpaired) electrons. The zero-order chi connectivity index (χ0) is 17.8. The topological polar surface area (TPSA) is 48.3 Å². The third kappa shape index (κ3) is 3.53. The number of carbonyl (C=O) groups is 2. The molecule has 0 spiro atoms. The molecule has 2 aromatic carbocycles. The molecule has 25 heavy (non-hydrogen) atoms. The van der Waals surface area contributed by atoms with Crippen molar-refractivity contribution in [1.29, 1.82) is 0 Å². The third-order valence-corrected chi connectivity index (χ3v) is 4.10. The van der Waals surface area contributed by atoms with Gasteiger partial charge in [0.2, 0.25) is 0 Å². The van der Waals surface area contributed by atoms with E-state index in [1.54, 1.807) is 30.3 Å². The van der Waals surface area contributed by atoms with Gasteiger partial charge in [0.15, 0.2) is 12.4 Å². The van der Waals surface area contributed by atoms with Crippen LogP contribution < -0.4 is 0 Å². The molecule has 126 valence electrons. The van der Waals surface area contributed by atoms with Crippen LogP contribution in [0.1, 0.15) is 32.1 Å². The first kappa shape index (κ1) is 16.7. The second-order valence-electron chi connectivity index (χ2n) is 5.82. The highest BCUT2D eigenvalue weighted by Gasteiger charge is 2.19. The number of hydrogen-bond acceptors (Lipinski definition) is 3. The van der Waals surface area contributed by atoms with Crippen LogP contribution in [-0.4, -0.2) is 22.9 Å². The number of rotatable bonds is 5. The maximum Gasteiger partial charge on any atom is 0.340 e. The van der Waals surface area contributed by atoms with Crippen molar-refractivity contribution >= 4 is 11.8 Å². The predicted octanol–water partition coefficient (Wildman–Crippen LogP) is 4.13. The largest absolute Gasteiger partial charge is 0.454 e. The van der Waals surface area contributed by atoms with Crippen LogP contribution in [0.2, 0.25) is 0 Å². The van der Waals surface area contributed by atoms with Crippen LogP contribution in [0, 0.1) is 13.8 Å². The molecule has 0 fully saturated rings. The molecule has 3 rings (SSSR count). The van der Waals surface area contributed by atoms with Crippen LogP contribution >= 0.6 is 0 Å². The van der Waals surface area contributed by atoms with E-state index in [0.717, 1.165) is 17.1 Å². The number of esters is 1. The molecule has 0 unspecified atom stereocenters. The van der Waals surface area contributed by atoms with Crippen LogP contribution in [0.15, 0.2) is 66.7 Å². The summed E-state index contributed by atoms with van der Waals surface area (Å²) < 4.78 is 7.22. The van der Waals surface area contributed by atoms with Gasteiger partial charge in [0.05, 0.1) is 5.56 Å². The number of ketones is 1. The van der Waals surface area contributed by atoms with Crippen molar-refractivity contribution < 1.29 is 14.3 Å². The standard InChI is InChI=1S/C21H19NO3/c1-15-13-19(16(2)22(15)18-11-7-4-8-12-18)21(24)25-14-20(23)17-9-5-3-6-10-17/h3-13H,14H2,1-2H3. The number of carbonyl (C=O) groups excluding carboxylic acids is 2. The molecule has 4 heteroatoms. The van der Waals surface area contributed by atoms with Crippen molar-refractivity contribution in [2.24, 2.45) is 0 Å². The highest BCUT2D eigenvalue weighted by molar-refractivity contribution is 5.99. The zero-order valence-electron chi connectivity index (χ0n) is 14.2. The van der Waals surface area contributed by atoms with Gasteiger partial charge in [-0.05, 0) is 32.0 Å². The van der Waals surface area contributed by atoms with E-state index in [-0.39, 0.29) is 12.4 Å². The SMILES string of the molecule is Cc1cc(C(=O)OCC(=O)c2ccccc2)c(C)n1-c1ccccc1. The summed E-state index contributed by atoms with van der Waals surface area (Å²) in [7, 11) is 0. The van der Waals surface area contributed by atoms with Crippen molar-refractivity contribution in [1.82, 2.24) is 4.57 Å². The first-order chi connectivity index (χ1) is 12.1. The summed E-state index contributed by atoms with van der Waals surface area (Å²) in [5, 5.41) is 0. The zero-order valence-corrected chi connectivity index (χ0v) is 14.2. The molecule has 0 atom stereocenters.